The van der Waals surface area contributed by atoms with E-state index >= 15 is 4.79 Å². The molecule has 5 heterocycles. The minimum absolute atomic E-state index is 0.0145. The summed E-state index contributed by atoms with van der Waals surface area (Å²) in [7, 11) is 3.55. The van der Waals surface area contributed by atoms with Crippen molar-refractivity contribution in [2.75, 3.05) is 65.4 Å². The SMILES string of the molecule is CCCOc1c(C)c(O)c2c(O)c3c4c(c2c1C(=O)C/C=C/[C@H](OC)[C@@H](C)[C@@H](OC(=O)C(C)C(=O)OCC1CCCN(C)C1)[C@H](C)[C@H](O)[C@H](C)C[C@@H](C)/C=C/C=C(/C)C(=O)N3)=NC1(CCN(CC(C)C)CC1)N=4. The fourth-order valence-electron chi connectivity index (χ4n) is 11.1. The number of esters is 2. The molecule has 4 N–H and O–H groups in total. The Bertz CT molecular complexity index is 2560. The first-order chi connectivity index (χ1) is 34.6. The third-order valence-corrected chi connectivity index (χ3v) is 15.3. The molecule has 4 bridgehead atoms. The second kappa shape index (κ2) is 24.9. The van der Waals surface area contributed by atoms with Crippen molar-refractivity contribution in [2.24, 2.45) is 51.4 Å². The van der Waals surface area contributed by atoms with Crippen molar-refractivity contribution < 1.29 is 53.4 Å². The molecule has 0 aromatic heterocycles. The lowest BCUT2D eigenvalue weighted by molar-refractivity contribution is -0.173. The summed E-state index contributed by atoms with van der Waals surface area (Å²) in [5.74, 6) is -5.20. The zero-order valence-corrected chi connectivity index (χ0v) is 45.5. The predicted octanol–water partition coefficient (Wildman–Crippen LogP) is 7.38. The second-order valence-electron chi connectivity index (χ2n) is 22.0. The van der Waals surface area contributed by atoms with Gasteiger partial charge in [-0.05, 0) is 77.8 Å². The molecule has 0 radical (unpaired) electrons. The van der Waals surface area contributed by atoms with Crippen molar-refractivity contribution in [2.45, 2.75) is 138 Å². The highest BCUT2D eigenvalue weighted by Crippen LogP contribution is 2.46. The van der Waals surface area contributed by atoms with Crippen molar-refractivity contribution in [3.05, 3.63) is 57.8 Å². The van der Waals surface area contributed by atoms with Gasteiger partial charge in [0, 0.05) is 86.8 Å². The van der Waals surface area contributed by atoms with Crippen molar-refractivity contribution >= 4 is 40.1 Å². The van der Waals surface area contributed by atoms with Gasteiger partial charge in [0.05, 0.1) is 41.7 Å². The number of amides is 1. The van der Waals surface area contributed by atoms with Gasteiger partial charge in [-0.15, -0.1) is 0 Å². The van der Waals surface area contributed by atoms with Gasteiger partial charge in [0.2, 0.25) is 0 Å². The number of aromatic hydroxyl groups is 2. The van der Waals surface area contributed by atoms with Crippen LogP contribution < -0.4 is 20.8 Å². The Morgan fingerprint density at radius 3 is 2.30 bits per heavy atom. The molecular weight excluding hydrogens is 931 g/mol. The molecule has 73 heavy (non-hydrogen) atoms. The lowest BCUT2D eigenvalue weighted by Crippen LogP contribution is -2.45. The fraction of sp³-hybridized carbons (Fsp3) is 0.649. The van der Waals surface area contributed by atoms with Crippen LogP contribution in [0.3, 0.4) is 0 Å². The first kappa shape index (κ1) is 57.1. The van der Waals surface area contributed by atoms with Crippen molar-refractivity contribution in [1.82, 2.24) is 9.80 Å². The van der Waals surface area contributed by atoms with E-state index in [1.165, 1.54) is 14.0 Å². The third-order valence-electron chi connectivity index (χ3n) is 15.3. The van der Waals surface area contributed by atoms with Crippen LogP contribution in [0.2, 0.25) is 0 Å². The van der Waals surface area contributed by atoms with E-state index in [0.29, 0.717) is 50.3 Å². The molecule has 1 amide bonds. The number of benzene rings is 2. The standard InChI is InChI=1S/C57H83N5O11/c1-13-27-71-53-38(9)50(65)45-44-43(53)41(63)20-15-21-42(70-12)36(7)52(73-56(69)39(10)55(68)72-31-40-19-16-24-61(11)30-40)37(8)49(64)35(6)28-33(4)17-14-18-34(5)54(67)58-48(51(45)66)47-46(44)59-57(60-47)22-25-62(26-23-57)29-32(2)3/h14-15,17-18,21,32-33,35-37,39-40,42,49,52,64-66H,13,16,19-20,22-31H2,1-12H3,(H,58,67)/b17-14+,21-15+,34-18-/t33-,35+,36+,37+,39?,40?,42-,49+,52+/m0/s1. The minimum atomic E-state index is -1.23. The largest absolute Gasteiger partial charge is 0.507 e. The van der Waals surface area contributed by atoms with Crippen LogP contribution in [0.25, 0.3) is 10.8 Å². The number of allylic oxidation sites excluding steroid dienone is 4. The number of aliphatic hydroxyl groups excluding tert-OH is 1. The number of nitrogens with one attached hydrogen (secondary N) is 1. The van der Waals surface area contributed by atoms with E-state index in [-0.39, 0.29) is 87.2 Å². The number of methoxy groups -OCH3 is 1. The highest BCUT2D eigenvalue weighted by atomic mass is 16.6. The maximum atomic E-state index is 15.1. The third kappa shape index (κ3) is 13.2. The zero-order valence-electron chi connectivity index (χ0n) is 45.5. The Hall–Kier alpha value is -5.16. The Morgan fingerprint density at radius 1 is 0.945 bits per heavy atom. The Labute approximate surface area is 432 Å². The van der Waals surface area contributed by atoms with E-state index in [1.807, 2.05) is 47.7 Å². The summed E-state index contributed by atoms with van der Waals surface area (Å²) in [5, 5.41) is 39.9. The first-order valence-electron chi connectivity index (χ1n) is 26.6. The maximum absolute atomic E-state index is 15.1. The van der Waals surface area contributed by atoms with E-state index in [0.717, 1.165) is 32.5 Å². The first-order valence-corrected chi connectivity index (χ1v) is 26.6. The second-order valence-corrected chi connectivity index (χ2v) is 22.0. The van der Waals surface area contributed by atoms with Gasteiger partial charge in [-0.2, -0.15) is 0 Å². The quantitative estimate of drug-likeness (QED) is 0.0751. The number of ketones is 1. The average molecular weight is 1010 g/mol. The van der Waals surface area contributed by atoms with Crippen LogP contribution in [0.15, 0.2) is 45.9 Å². The van der Waals surface area contributed by atoms with Gasteiger partial charge in [-0.25, -0.2) is 0 Å². The van der Waals surface area contributed by atoms with Gasteiger partial charge < -0.3 is 49.4 Å². The van der Waals surface area contributed by atoms with Crippen LogP contribution in [0, 0.1) is 48.3 Å². The number of hydrogen-bond donors (Lipinski definition) is 4. The number of Topliss-reactive ketones (excluding diaryl/α,β-unsaturated/α-hetero) is 1. The summed E-state index contributed by atoms with van der Waals surface area (Å²) in [6, 6.07) is 0. The topological polar surface area (TPSA) is 209 Å². The summed E-state index contributed by atoms with van der Waals surface area (Å²) in [5.41, 5.74) is -0.321. The van der Waals surface area contributed by atoms with Crippen LogP contribution >= 0.6 is 0 Å². The number of aliphatic hydroxyl groups is 1. The number of fused-ring (bicyclic) bond motifs is 14. The van der Waals surface area contributed by atoms with Gasteiger partial charge in [0.1, 0.15) is 28.6 Å². The molecule has 1 spiro atoms. The molecule has 2 unspecified atom stereocenters. The van der Waals surface area contributed by atoms with Gasteiger partial charge >= 0.3 is 11.9 Å². The molecule has 0 saturated carbocycles. The lowest BCUT2D eigenvalue weighted by atomic mass is 9.79. The van der Waals surface area contributed by atoms with Gasteiger partial charge in [0.15, 0.2) is 23.1 Å². The summed E-state index contributed by atoms with van der Waals surface area (Å²) in [6.45, 7) is 23.2. The Balaban J connectivity index is 1.46. The molecule has 5 aliphatic heterocycles. The number of phenols is 2. The smallest absolute Gasteiger partial charge is 0.320 e. The van der Waals surface area contributed by atoms with Gasteiger partial charge in [0.25, 0.3) is 5.91 Å². The van der Waals surface area contributed by atoms with E-state index in [2.05, 4.69) is 29.0 Å². The Kier molecular flexibility index (Phi) is 19.5. The number of rotatable bonds is 11. The predicted molar refractivity (Wildman–Crippen MR) is 281 cm³/mol. The number of likely N-dealkylation sites (tertiary alicyclic amines) is 2. The number of nitrogens with zero attached hydrogens (tertiary/aromatic N) is 4. The number of carbonyl (C=O) groups excluding carboxylic acids is 4. The Morgan fingerprint density at radius 2 is 1.64 bits per heavy atom. The number of phenolic OH excluding ortho intramolecular Hbond substituents is 2. The molecule has 0 aliphatic carbocycles. The van der Waals surface area contributed by atoms with Crippen LogP contribution in [-0.4, -0.2) is 133 Å². The normalized spacial score (nSPS) is 28.7. The molecule has 5 aliphatic rings. The fourth-order valence-corrected chi connectivity index (χ4v) is 11.1. The number of anilines is 1. The van der Waals surface area contributed by atoms with Crippen molar-refractivity contribution in [3.63, 3.8) is 0 Å². The van der Waals surface area contributed by atoms with Gasteiger partial charge in [-0.3, -0.25) is 29.2 Å². The molecule has 9 atom stereocenters. The molecule has 2 fully saturated rings. The lowest BCUT2D eigenvalue weighted by Gasteiger charge is -2.37. The van der Waals surface area contributed by atoms with Crippen LogP contribution in [0.5, 0.6) is 17.2 Å². The summed E-state index contributed by atoms with van der Waals surface area (Å²) in [6.07, 6.45) is 10.1. The molecule has 2 saturated heterocycles. The van der Waals surface area contributed by atoms with Crippen molar-refractivity contribution in [3.8, 4) is 17.2 Å². The molecule has 2 aromatic carbocycles. The minimum Gasteiger partial charge on any atom is -0.507 e. The highest BCUT2D eigenvalue weighted by Gasteiger charge is 2.41. The number of carbonyl (C=O) groups is 4. The number of piperidine rings is 2. The molecule has 7 rings (SSSR count). The van der Waals surface area contributed by atoms with Crippen LogP contribution in [-0.2, 0) is 28.6 Å². The van der Waals surface area contributed by atoms with Crippen LogP contribution in [0.4, 0.5) is 5.69 Å². The molecular formula is C57H83N5O11. The molecule has 2 aromatic rings. The average Bonchev–Trinajstić information content (AvgIpc) is 3.72. The highest BCUT2D eigenvalue weighted by molar-refractivity contribution is 6.16. The monoisotopic (exact) mass is 1010 g/mol. The van der Waals surface area contributed by atoms with Crippen LogP contribution in [0.1, 0.15) is 123 Å². The van der Waals surface area contributed by atoms with Crippen molar-refractivity contribution in [1.29, 1.82) is 0 Å². The molecule has 402 valence electrons. The van der Waals surface area contributed by atoms with E-state index < -0.39 is 71.1 Å². The van der Waals surface area contributed by atoms with E-state index in [9.17, 15) is 29.7 Å². The van der Waals surface area contributed by atoms with Gasteiger partial charge in [-0.1, -0.05) is 78.8 Å². The van der Waals surface area contributed by atoms with E-state index in [1.54, 1.807) is 38.2 Å². The summed E-state index contributed by atoms with van der Waals surface area (Å²) in [4.78, 5) is 71.6. The number of hydrogen-bond acceptors (Lipinski definition) is 15. The maximum Gasteiger partial charge on any atom is 0.320 e. The van der Waals surface area contributed by atoms with E-state index in [4.69, 9.17) is 28.9 Å². The number of ether oxygens (including phenoxy) is 4. The molecule has 16 heteroatoms. The summed E-state index contributed by atoms with van der Waals surface area (Å²) >= 11 is 0. The summed E-state index contributed by atoms with van der Waals surface area (Å²) < 4.78 is 24.3. The molecule has 16 nitrogen and oxygen atoms in total. The zero-order chi connectivity index (χ0) is 53.5.